The van der Waals surface area contributed by atoms with Gasteiger partial charge in [-0.25, -0.2) is 4.79 Å². The second-order valence-corrected chi connectivity index (χ2v) is 5.19. The summed E-state index contributed by atoms with van der Waals surface area (Å²) in [6.45, 7) is 0.773. The lowest BCUT2D eigenvalue weighted by Crippen LogP contribution is -2.21. The first-order valence-corrected chi connectivity index (χ1v) is 7.44. The highest BCUT2D eigenvalue weighted by atomic mass is 16.6. The fraction of sp³-hybridized carbons (Fsp3) is 0.118. The van der Waals surface area contributed by atoms with E-state index < -0.39 is 23.4 Å². The van der Waals surface area contributed by atoms with Crippen molar-refractivity contribution in [1.29, 1.82) is 0 Å². The molecule has 0 unspecified atom stereocenters. The Balaban J connectivity index is 1.92. The standard InChI is InChI=1S/C17H15N3O6/c1-11(21)18-13-5-2-4-12(8-13)17(23)26-10-16(22)19-14-6-3-7-15(9-14)20(24)25/h2-9H,10H2,1H3,(H,18,21)(H,19,22). The van der Waals surface area contributed by atoms with Gasteiger partial charge in [-0.1, -0.05) is 12.1 Å². The molecule has 2 aromatic rings. The maximum absolute atomic E-state index is 12.0. The zero-order valence-corrected chi connectivity index (χ0v) is 13.7. The summed E-state index contributed by atoms with van der Waals surface area (Å²) in [6.07, 6.45) is 0. The van der Waals surface area contributed by atoms with Crippen LogP contribution < -0.4 is 10.6 Å². The molecule has 0 bridgehead atoms. The summed E-state index contributed by atoms with van der Waals surface area (Å²) >= 11 is 0. The Morgan fingerprint density at radius 3 is 2.35 bits per heavy atom. The summed E-state index contributed by atoms with van der Waals surface area (Å²) in [5.41, 5.74) is 0.634. The molecule has 9 heteroatoms. The second-order valence-electron chi connectivity index (χ2n) is 5.19. The van der Waals surface area contributed by atoms with E-state index in [9.17, 15) is 24.5 Å². The Labute approximate surface area is 148 Å². The molecule has 2 amide bonds. The third kappa shape index (κ3) is 5.41. The minimum Gasteiger partial charge on any atom is -0.452 e. The Morgan fingerprint density at radius 1 is 1.04 bits per heavy atom. The van der Waals surface area contributed by atoms with Gasteiger partial charge in [0.2, 0.25) is 5.91 Å². The van der Waals surface area contributed by atoms with E-state index in [1.165, 1.54) is 43.3 Å². The Hall–Kier alpha value is -3.75. The number of anilines is 2. The molecule has 0 aliphatic rings. The minimum atomic E-state index is -0.744. The lowest BCUT2D eigenvalue weighted by atomic mass is 10.2. The lowest BCUT2D eigenvalue weighted by molar-refractivity contribution is -0.384. The molecular weight excluding hydrogens is 342 g/mol. The van der Waals surface area contributed by atoms with Crippen LogP contribution in [0.1, 0.15) is 17.3 Å². The van der Waals surface area contributed by atoms with Crippen LogP contribution in [-0.4, -0.2) is 29.3 Å². The lowest BCUT2D eigenvalue weighted by Gasteiger charge is -2.08. The molecule has 0 atom stereocenters. The number of rotatable bonds is 6. The Kier molecular flexibility index (Phi) is 5.99. The molecule has 0 radical (unpaired) electrons. The van der Waals surface area contributed by atoms with Gasteiger partial charge in [0.1, 0.15) is 0 Å². The van der Waals surface area contributed by atoms with Crippen molar-refractivity contribution in [2.45, 2.75) is 6.92 Å². The molecule has 9 nitrogen and oxygen atoms in total. The summed E-state index contributed by atoms with van der Waals surface area (Å²) in [6, 6.07) is 11.4. The van der Waals surface area contributed by atoms with E-state index in [1.807, 2.05) is 0 Å². The van der Waals surface area contributed by atoms with Gasteiger partial charge < -0.3 is 15.4 Å². The van der Waals surface area contributed by atoms with E-state index in [2.05, 4.69) is 10.6 Å². The van der Waals surface area contributed by atoms with E-state index in [1.54, 1.807) is 12.1 Å². The topological polar surface area (TPSA) is 128 Å². The number of carbonyl (C=O) groups excluding carboxylic acids is 3. The van der Waals surface area contributed by atoms with Crippen LogP contribution in [0.25, 0.3) is 0 Å². The first-order valence-electron chi connectivity index (χ1n) is 7.44. The number of nitrogens with zero attached hydrogens (tertiary/aromatic N) is 1. The number of carbonyl (C=O) groups is 3. The maximum atomic E-state index is 12.0. The van der Waals surface area contributed by atoms with Gasteiger partial charge in [-0.3, -0.25) is 19.7 Å². The van der Waals surface area contributed by atoms with Gasteiger partial charge in [0, 0.05) is 30.4 Å². The molecule has 0 aromatic heterocycles. The van der Waals surface area contributed by atoms with Crippen LogP contribution in [0.15, 0.2) is 48.5 Å². The molecule has 2 rings (SSSR count). The Morgan fingerprint density at radius 2 is 1.69 bits per heavy atom. The van der Waals surface area contributed by atoms with Crippen molar-refractivity contribution in [2.75, 3.05) is 17.2 Å². The number of benzene rings is 2. The molecule has 0 aliphatic carbocycles. The smallest absolute Gasteiger partial charge is 0.338 e. The van der Waals surface area contributed by atoms with E-state index in [4.69, 9.17) is 4.74 Å². The quantitative estimate of drug-likeness (QED) is 0.464. The van der Waals surface area contributed by atoms with Crippen LogP contribution >= 0.6 is 0 Å². The molecule has 0 saturated heterocycles. The van der Waals surface area contributed by atoms with Crippen molar-refractivity contribution in [3.63, 3.8) is 0 Å². The highest BCUT2D eigenvalue weighted by molar-refractivity contribution is 5.97. The third-order valence-electron chi connectivity index (χ3n) is 3.09. The fourth-order valence-corrected chi connectivity index (χ4v) is 2.04. The average molecular weight is 357 g/mol. The van der Waals surface area contributed by atoms with Crippen LogP contribution in [0.3, 0.4) is 0 Å². The number of nitro groups is 1. The number of hydrogen-bond acceptors (Lipinski definition) is 6. The van der Waals surface area contributed by atoms with Gasteiger partial charge in [-0.15, -0.1) is 0 Å². The summed E-state index contributed by atoms with van der Waals surface area (Å²) in [5, 5.41) is 15.6. The molecule has 2 N–H and O–H groups in total. The van der Waals surface area contributed by atoms with Crippen molar-refractivity contribution in [1.82, 2.24) is 0 Å². The van der Waals surface area contributed by atoms with E-state index >= 15 is 0 Å². The fourth-order valence-electron chi connectivity index (χ4n) is 2.04. The first kappa shape index (κ1) is 18.6. The van der Waals surface area contributed by atoms with Crippen LogP contribution in [0.4, 0.5) is 17.1 Å². The molecule has 26 heavy (non-hydrogen) atoms. The van der Waals surface area contributed by atoms with Crippen LogP contribution in [0.5, 0.6) is 0 Å². The predicted molar refractivity (Wildman–Crippen MR) is 92.8 cm³/mol. The number of esters is 1. The summed E-state index contributed by atoms with van der Waals surface area (Å²) in [5.74, 6) is -1.67. The maximum Gasteiger partial charge on any atom is 0.338 e. The van der Waals surface area contributed by atoms with Gasteiger partial charge in [-0.2, -0.15) is 0 Å². The van der Waals surface area contributed by atoms with E-state index in [0.29, 0.717) is 5.69 Å². The first-order chi connectivity index (χ1) is 12.3. The van der Waals surface area contributed by atoms with Crippen molar-refractivity contribution in [2.24, 2.45) is 0 Å². The van der Waals surface area contributed by atoms with Gasteiger partial charge in [0.15, 0.2) is 6.61 Å². The molecule has 0 heterocycles. The SMILES string of the molecule is CC(=O)Nc1cccc(C(=O)OCC(=O)Nc2cccc([N+](=O)[O-])c2)c1. The largest absolute Gasteiger partial charge is 0.452 e. The van der Waals surface area contributed by atoms with Crippen molar-refractivity contribution in [3.05, 3.63) is 64.2 Å². The van der Waals surface area contributed by atoms with Crippen LogP contribution in [0, 0.1) is 10.1 Å². The van der Waals surface area contributed by atoms with E-state index in [-0.39, 0.29) is 22.8 Å². The highest BCUT2D eigenvalue weighted by Crippen LogP contribution is 2.17. The zero-order chi connectivity index (χ0) is 19.1. The third-order valence-corrected chi connectivity index (χ3v) is 3.09. The molecule has 134 valence electrons. The summed E-state index contributed by atoms with van der Waals surface area (Å²) < 4.78 is 4.90. The number of nitrogens with one attached hydrogen (secondary N) is 2. The van der Waals surface area contributed by atoms with Gasteiger partial charge in [-0.05, 0) is 24.3 Å². The monoisotopic (exact) mass is 357 g/mol. The summed E-state index contributed by atoms with van der Waals surface area (Å²) in [4.78, 5) is 44.9. The number of ether oxygens (including phenoxy) is 1. The van der Waals surface area contributed by atoms with Gasteiger partial charge in [0.05, 0.1) is 10.5 Å². The van der Waals surface area contributed by atoms with Crippen molar-refractivity contribution >= 4 is 34.8 Å². The molecule has 0 spiro atoms. The van der Waals surface area contributed by atoms with Crippen LogP contribution in [-0.2, 0) is 14.3 Å². The predicted octanol–water partition coefficient (Wildman–Crippen LogP) is 2.35. The number of nitro benzene ring substituents is 1. The normalized spacial score (nSPS) is 9.88. The zero-order valence-electron chi connectivity index (χ0n) is 13.7. The number of non-ortho nitro benzene ring substituents is 1. The second kappa shape index (κ2) is 8.38. The van der Waals surface area contributed by atoms with Crippen LogP contribution in [0.2, 0.25) is 0 Å². The van der Waals surface area contributed by atoms with Gasteiger partial charge >= 0.3 is 5.97 Å². The number of hydrogen-bond donors (Lipinski definition) is 2. The van der Waals surface area contributed by atoms with Gasteiger partial charge in [0.25, 0.3) is 11.6 Å². The molecule has 0 aliphatic heterocycles. The molecule has 0 fully saturated rings. The summed E-state index contributed by atoms with van der Waals surface area (Å²) in [7, 11) is 0. The van der Waals surface area contributed by atoms with Crippen molar-refractivity contribution < 1.29 is 24.0 Å². The van der Waals surface area contributed by atoms with E-state index in [0.717, 1.165) is 0 Å². The highest BCUT2D eigenvalue weighted by Gasteiger charge is 2.12. The Bertz CT molecular complexity index is 865. The number of amides is 2. The molecule has 2 aromatic carbocycles. The average Bonchev–Trinajstić information content (AvgIpc) is 2.59. The molecule has 0 saturated carbocycles. The van der Waals surface area contributed by atoms with Crippen molar-refractivity contribution in [3.8, 4) is 0 Å². The minimum absolute atomic E-state index is 0.166. The molecular formula is C17H15N3O6.